The Morgan fingerprint density at radius 1 is 1.44 bits per heavy atom. The molecular formula is C13H22O3. The van der Waals surface area contributed by atoms with E-state index in [4.69, 9.17) is 0 Å². The second-order valence-electron chi connectivity index (χ2n) is 4.46. The monoisotopic (exact) mass is 226 g/mol. The van der Waals surface area contributed by atoms with E-state index in [1.54, 1.807) is 0 Å². The first-order valence-corrected chi connectivity index (χ1v) is 6.08. The van der Waals surface area contributed by atoms with Crippen LogP contribution < -0.4 is 0 Å². The number of hydrogen-bond acceptors (Lipinski definition) is 3. The largest absolute Gasteiger partial charge is 0.469 e. The molecule has 0 amide bonds. The topological polar surface area (TPSA) is 46.5 Å². The number of carbonyl (C=O) groups is 1. The first-order chi connectivity index (χ1) is 7.69. The normalized spacial score (nSPS) is 29.8. The maximum absolute atomic E-state index is 11.2. The molecule has 1 saturated carbocycles. The van der Waals surface area contributed by atoms with Gasteiger partial charge in [0.1, 0.15) is 0 Å². The summed E-state index contributed by atoms with van der Waals surface area (Å²) in [5, 5.41) is 9.86. The van der Waals surface area contributed by atoms with Gasteiger partial charge >= 0.3 is 5.97 Å². The average Bonchev–Trinajstić information content (AvgIpc) is 2.61. The van der Waals surface area contributed by atoms with Gasteiger partial charge in [0.2, 0.25) is 0 Å². The number of hydrogen-bond donors (Lipinski definition) is 1. The summed E-state index contributed by atoms with van der Waals surface area (Å²) in [4.78, 5) is 11.2. The van der Waals surface area contributed by atoms with Crippen molar-refractivity contribution in [2.75, 3.05) is 7.11 Å². The molecule has 1 aliphatic rings. The van der Waals surface area contributed by atoms with Gasteiger partial charge in [-0.25, -0.2) is 0 Å². The Bertz CT molecular complexity index is 248. The molecule has 0 unspecified atom stereocenters. The number of ether oxygens (including phenoxy) is 1. The van der Waals surface area contributed by atoms with E-state index in [9.17, 15) is 9.90 Å². The van der Waals surface area contributed by atoms with Crippen molar-refractivity contribution in [2.45, 2.75) is 45.1 Å². The minimum atomic E-state index is -0.254. The van der Waals surface area contributed by atoms with Crippen molar-refractivity contribution in [3.8, 4) is 0 Å². The molecule has 1 fully saturated rings. The van der Waals surface area contributed by atoms with Gasteiger partial charge in [-0.05, 0) is 37.5 Å². The van der Waals surface area contributed by atoms with Gasteiger partial charge in [-0.1, -0.05) is 19.1 Å². The Kier molecular flexibility index (Phi) is 5.53. The van der Waals surface area contributed by atoms with Crippen LogP contribution >= 0.6 is 0 Å². The zero-order valence-corrected chi connectivity index (χ0v) is 10.2. The van der Waals surface area contributed by atoms with E-state index in [0.717, 1.165) is 25.7 Å². The van der Waals surface area contributed by atoms with Crippen LogP contribution in [0.15, 0.2) is 12.2 Å². The molecule has 16 heavy (non-hydrogen) atoms. The molecule has 0 bridgehead atoms. The number of rotatable bonds is 5. The molecular weight excluding hydrogens is 204 g/mol. The summed E-state index contributed by atoms with van der Waals surface area (Å²) >= 11 is 0. The lowest BCUT2D eigenvalue weighted by Gasteiger charge is -2.19. The van der Waals surface area contributed by atoms with Crippen LogP contribution in [-0.4, -0.2) is 24.3 Å². The third kappa shape index (κ3) is 3.63. The zero-order valence-electron chi connectivity index (χ0n) is 10.2. The summed E-state index contributed by atoms with van der Waals surface area (Å²) in [6, 6.07) is 0. The standard InChI is InChI=1S/C13H22O3/c1-3-4-5-6-11-10(7-8-12(11)14)9-13(15)16-2/h4-5,10-12,14H,3,6-9H2,1-2H3/b5-4-/t10-,11+,12+/m0/s1. The Labute approximate surface area is 97.5 Å². The first-order valence-electron chi connectivity index (χ1n) is 6.08. The smallest absolute Gasteiger partial charge is 0.305 e. The van der Waals surface area contributed by atoms with Crippen LogP contribution in [0.25, 0.3) is 0 Å². The van der Waals surface area contributed by atoms with Crippen LogP contribution in [0.3, 0.4) is 0 Å². The summed E-state index contributed by atoms with van der Waals surface area (Å²) in [7, 11) is 1.42. The van der Waals surface area contributed by atoms with Gasteiger partial charge in [-0.15, -0.1) is 0 Å². The van der Waals surface area contributed by atoms with E-state index < -0.39 is 0 Å². The number of carbonyl (C=O) groups excluding carboxylic acids is 1. The van der Waals surface area contributed by atoms with Gasteiger partial charge in [0, 0.05) is 6.42 Å². The molecule has 0 saturated heterocycles. The second-order valence-corrected chi connectivity index (χ2v) is 4.46. The number of methoxy groups -OCH3 is 1. The molecule has 0 radical (unpaired) electrons. The van der Waals surface area contributed by atoms with Crippen molar-refractivity contribution in [3.63, 3.8) is 0 Å². The van der Waals surface area contributed by atoms with Crippen molar-refractivity contribution in [1.29, 1.82) is 0 Å². The third-order valence-corrected chi connectivity index (χ3v) is 3.40. The van der Waals surface area contributed by atoms with Crippen molar-refractivity contribution in [3.05, 3.63) is 12.2 Å². The fourth-order valence-corrected chi connectivity index (χ4v) is 2.45. The molecule has 0 heterocycles. The molecule has 3 heteroatoms. The molecule has 0 spiro atoms. The van der Waals surface area contributed by atoms with Crippen molar-refractivity contribution < 1.29 is 14.6 Å². The molecule has 1 rings (SSSR count). The highest BCUT2D eigenvalue weighted by atomic mass is 16.5. The van der Waals surface area contributed by atoms with Gasteiger partial charge in [-0.3, -0.25) is 4.79 Å². The van der Waals surface area contributed by atoms with Crippen molar-refractivity contribution in [2.24, 2.45) is 11.8 Å². The van der Waals surface area contributed by atoms with Crippen LogP contribution in [0.1, 0.15) is 39.0 Å². The van der Waals surface area contributed by atoms with Crippen LogP contribution in [0.5, 0.6) is 0 Å². The first kappa shape index (κ1) is 13.2. The minimum absolute atomic E-state index is 0.163. The third-order valence-electron chi connectivity index (χ3n) is 3.40. The molecule has 3 nitrogen and oxygen atoms in total. The molecule has 92 valence electrons. The van der Waals surface area contributed by atoms with Gasteiger partial charge in [0.05, 0.1) is 13.2 Å². The van der Waals surface area contributed by atoms with E-state index in [1.807, 2.05) is 0 Å². The predicted octanol–water partition coefficient (Wildman–Crippen LogP) is 2.29. The van der Waals surface area contributed by atoms with Crippen molar-refractivity contribution >= 4 is 5.97 Å². The highest BCUT2D eigenvalue weighted by molar-refractivity contribution is 5.69. The zero-order chi connectivity index (χ0) is 12.0. The lowest BCUT2D eigenvalue weighted by atomic mass is 9.89. The Morgan fingerprint density at radius 2 is 2.19 bits per heavy atom. The Morgan fingerprint density at radius 3 is 2.81 bits per heavy atom. The summed E-state index contributed by atoms with van der Waals surface area (Å²) in [5.41, 5.74) is 0. The molecule has 0 aromatic heterocycles. The van der Waals surface area contributed by atoms with Gasteiger partial charge in [-0.2, -0.15) is 0 Å². The Hall–Kier alpha value is -0.830. The van der Waals surface area contributed by atoms with E-state index in [1.165, 1.54) is 7.11 Å². The summed E-state index contributed by atoms with van der Waals surface area (Å²) in [6.07, 6.45) is 8.05. The number of allylic oxidation sites excluding steroid dienone is 2. The number of aliphatic hydroxyl groups is 1. The molecule has 0 aliphatic heterocycles. The Balaban J connectivity index is 2.48. The van der Waals surface area contributed by atoms with Gasteiger partial charge in [0.25, 0.3) is 0 Å². The van der Waals surface area contributed by atoms with E-state index in [2.05, 4.69) is 23.8 Å². The maximum atomic E-state index is 11.2. The summed E-state index contributed by atoms with van der Waals surface area (Å²) in [6.45, 7) is 2.09. The highest BCUT2D eigenvalue weighted by Gasteiger charge is 2.35. The fraction of sp³-hybridized carbons (Fsp3) is 0.769. The number of aliphatic hydroxyl groups excluding tert-OH is 1. The molecule has 1 aliphatic carbocycles. The lowest BCUT2D eigenvalue weighted by Crippen LogP contribution is -2.21. The predicted molar refractivity (Wildman–Crippen MR) is 62.9 cm³/mol. The minimum Gasteiger partial charge on any atom is -0.469 e. The van der Waals surface area contributed by atoms with Gasteiger partial charge in [0.15, 0.2) is 0 Å². The quantitative estimate of drug-likeness (QED) is 0.578. The lowest BCUT2D eigenvalue weighted by molar-refractivity contribution is -0.142. The van der Waals surface area contributed by atoms with Crippen LogP contribution in [0.4, 0.5) is 0 Å². The maximum Gasteiger partial charge on any atom is 0.305 e. The van der Waals surface area contributed by atoms with Crippen molar-refractivity contribution in [1.82, 2.24) is 0 Å². The highest BCUT2D eigenvalue weighted by Crippen LogP contribution is 2.37. The van der Waals surface area contributed by atoms with E-state index >= 15 is 0 Å². The summed E-state index contributed by atoms with van der Waals surface area (Å²) in [5.74, 6) is 0.342. The SMILES string of the molecule is CC/C=C\C[C@@H]1[C@H](CC(=O)OC)CC[C@H]1O. The molecule has 0 aromatic carbocycles. The average molecular weight is 226 g/mol. The van der Waals surface area contributed by atoms with Crippen LogP contribution in [0, 0.1) is 11.8 Å². The molecule has 0 aromatic rings. The van der Waals surface area contributed by atoms with Gasteiger partial charge < -0.3 is 9.84 Å². The molecule has 3 atom stereocenters. The van der Waals surface area contributed by atoms with E-state index in [0.29, 0.717) is 6.42 Å². The second kappa shape index (κ2) is 6.69. The van der Waals surface area contributed by atoms with E-state index in [-0.39, 0.29) is 23.9 Å². The molecule has 1 N–H and O–H groups in total. The summed E-state index contributed by atoms with van der Waals surface area (Å²) < 4.78 is 4.68. The van der Waals surface area contributed by atoms with Crippen LogP contribution in [-0.2, 0) is 9.53 Å². The number of esters is 1. The fourth-order valence-electron chi connectivity index (χ4n) is 2.45. The van der Waals surface area contributed by atoms with Crippen LogP contribution in [0.2, 0.25) is 0 Å².